The summed E-state index contributed by atoms with van der Waals surface area (Å²) in [5.41, 5.74) is 3.88. The van der Waals surface area contributed by atoms with E-state index in [9.17, 15) is 4.79 Å². The van der Waals surface area contributed by atoms with Gasteiger partial charge in [-0.25, -0.2) is 0 Å². The van der Waals surface area contributed by atoms with Crippen molar-refractivity contribution in [3.63, 3.8) is 0 Å². The predicted molar refractivity (Wildman–Crippen MR) is 74.1 cm³/mol. The molecule has 0 radical (unpaired) electrons. The molecule has 1 aromatic heterocycles. The molecule has 0 atom stereocenters. The van der Waals surface area contributed by atoms with Gasteiger partial charge in [0.15, 0.2) is 5.78 Å². The fourth-order valence-electron chi connectivity index (χ4n) is 2.09. The molecule has 3 heteroatoms. The zero-order chi connectivity index (χ0) is 13.2. The number of fused-ring (bicyclic) bond motifs is 1. The first-order valence-corrected chi connectivity index (χ1v) is 6.07. The molecule has 0 bridgehead atoms. The number of carbonyl (C=O) groups is 1. The molecule has 0 saturated carbocycles. The highest BCUT2D eigenvalue weighted by Crippen LogP contribution is 2.17. The van der Waals surface area contributed by atoms with Gasteiger partial charge in [-0.15, -0.1) is 0 Å². The highest BCUT2D eigenvalue weighted by atomic mass is 16.1. The number of aryl methyl sites for hydroxylation is 1. The number of aromatic nitrogens is 2. The number of rotatable bonds is 2. The fraction of sp³-hybridized carbons (Fsp3) is 0.0625. The van der Waals surface area contributed by atoms with E-state index in [0.717, 1.165) is 22.2 Å². The first-order chi connectivity index (χ1) is 9.25. The fourth-order valence-corrected chi connectivity index (χ4v) is 2.09. The van der Waals surface area contributed by atoms with Crippen molar-refractivity contribution < 1.29 is 4.79 Å². The molecule has 19 heavy (non-hydrogen) atoms. The van der Waals surface area contributed by atoms with Crippen molar-refractivity contribution in [3.05, 3.63) is 71.5 Å². The molecule has 0 aliphatic rings. The second-order valence-electron chi connectivity index (χ2n) is 4.40. The van der Waals surface area contributed by atoms with Crippen LogP contribution in [0.1, 0.15) is 21.5 Å². The standard InChI is InChI=1S/C16H12N2O/c1-11-4-2-3-5-13(11)16(19)12-6-7-14-15(10-12)18-9-8-17-14/h2-10H,1H3. The Hall–Kier alpha value is -2.55. The van der Waals surface area contributed by atoms with Crippen LogP contribution in [0.5, 0.6) is 0 Å². The van der Waals surface area contributed by atoms with E-state index in [2.05, 4.69) is 9.97 Å². The number of nitrogens with zero attached hydrogens (tertiary/aromatic N) is 2. The van der Waals surface area contributed by atoms with Crippen molar-refractivity contribution in [3.8, 4) is 0 Å². The average Bonchev–Trinajstić information content (AvgIpc) is 2.46. The summed E-state index contributed by atoms with van der Waals surface area (Å²) in [5.74, 6) is 0.0191. The second kappa shape index (κ2) is 4.61. The molecule has 0 unspecified atom stereocenters. The topological polar surface area (TPSA) is 42.9 Å². The molecule has 0 fully saturated rings. The molecule has 3 rings (SSSR count). The maximum Gasteiger partial charge on any atom is 0.193 e. The van der Waals surface area contributed by atoms with Crippen LogP contribution in [0.15, 0.2) is 54.9 Å². The average molecular weight is 248 g/mol. The van der Waals surface area contributed by atoms with Gasteiger partial charge < -0.3 is 0 Å². The van der Waals surface area contributed by atoms with E-state index in [-0.39, 0.29) is 5.78 Å². The maximum atomic E-state index is 12.5. The number of hydrogen-bond acceptors (Lipinski definition) is 3. The van der Waals surface area contributed by atoms with Gasteiger partial charge in [-0.05, 0) is 30.7 Å². The van der Waals surface area contributed by atoms with Crippen LogP contribution in [0.4, 0.5) is 0 Å². The monoisotopic (exact) mass is 248 g/mol. The van der Waals surface area contributed by atoms with Gasteiger partial charge in [0.1, 0.15) is 0 Å². The first kappa shape index (κ1) is 11.5. The highest BCUT2D eigenvalue weighted by molar-refractivity contribution is 6.11. The Morgan fingerprint density at radius 3 is 2.47 bits per heavy atom. The van der Waals surface area contributed by atoms with Gasteiger partial charge in [-0.3, -0.25) is 14.8 Å². The normalized spacial score (nSPS) is 10.6. The summed E-state index contributed by atoms with van der Waals surface area (Å²) < 4.78 is 0. The van der Waals surface area contributed by atoms with Crippen LogP contribution in [-0.4, -0.2) is 15.8 Å². The molecule has 92 valence electrons. The second-order valence-corrected chi connectivity index (χ2v) is 4.40. The molecule has 0 amide bonds. The third kappa shape index (κ3) is 2.10. The van der Waals surface area contributed by atoms with Crippen LogP contribution in [0.2, 0.25) is 0 Å². The molecule has 0 aliphatic carbocycles. The van der Waals surface area contributed by atoms with Crippen molar-refractivity contribution in [2.75, 3.05) is 0 Å². The van der Waals surface area contributed by atoms with E-state index in [1.165, 1.54) is 0 Å². The van der Waals surface area contributed by atoms with Gasteiger partial charge in [-0.1, -0.05) is 24.3 Å². The summed E-state index contributed by atoms with van der Waals surface area (Å²) >= 11 is 0. The lowest BCUT2D eigenvalue weighted by Crippen LogP contribution is -2.03. The Balaban J connectivity index is 2.09. The van der Waals surface area contributed by atoms with Gasteiger partial charge in [0.2, 0.25) is 0 Å². The zero-order valence-corrected chi connectivity index (χ0v) is 10.5. The van der Waals surface area contributed by atoms with E-state index in [1.807, 2.05) is 37.3 Å². The van der Waals surface area contributed by atoms with Crippen LogP contribution >= 0.6 is 0 Å². The lowest BCUT2D eigenvalue weighted by atomic mass is 9.99. The maximum absolute atomic E-state index is 12.5. The number of hydrogen-bond donors (Lipinski definition) is 0. The number of ketones is 1. The minimum Gasteiger partial charge on any atom is -0.289 e. The van der Waals surface area contributed by atoms with E-state index in [1.54, 1.807) is 24.5 Å². The Kier molecular flexibility index (Phi) is 2.80. The van der Waals surface area contributed by atoms with Crippen LogP contribution in [-0.2, 0) is 0 Å². The summed E-state index contributed by atoms with van der Waals surface area (Å²) in [4.78, 5) is 20.9. The van der Waals surface area contributed by atoms with Gasteiger partial charge >= 0.3 is 0 Å². The molecular formula is C16H12N2O. The van der Waals surface area contributed by atoms with Gasteiger partial charge in [0, 0.05) is 23.5 Å². The Labute approximate surface area is 111 Å². The lowest BCUT2D eigenvalue weighted by molar-refractivity contribution is 0.103. The quantitative estimate of drug-likeness (QED) is 0.654. The Morgan fingerprint density at radius 1 is 0.947 bits per heavy atom. The van der Waals surface area contributed by atoms with Crippen molar-refractivity contribution in [2.24, 2.45) is 0 Å². The molecule has 0 spiro atoms. The van der Waals surface area contributed by atoms with Crippen LogP contribution in [0.3, 0.4) is 0 Å². The molecule has 3 nitrogen and oxygen atoms in total. The minimum atomic E-state index is 0.0191. The molecular weight excluding hydrogens is 236 g/mol. The van der Waals surface area contributed by atoms with E-state index in [4.69, 9.17) is 0 Å². The highest BCUT2D eigenvalue weighted by Gasteiger charge is 2.11. The van der Waals surface area contributed by atoms with E-state index in [0.29, 0.717) is 5.56 Å². The van der Waals surface area contributed by atoms with Crippen molar-refractivity contribution in [1.82, 2.24) is 9.97 Å². The Morgan fingerprint density at radius 2 is 1.68 bits per heavy atom. The SMILES string of the molecule is Cc1ccccc1C(=O)c1ccc2nccnc2c1. The third-order valence-corrected chi connectivity index (χ3v) is 3.12. The molecule has 0 aliphatic heterocycles. The number of benzene rings is 2. The molecule has 2 aromatic carbocycles. The zero-order valence-electron chi connectivity index (χ0n) is 10.5. The summed E-state index contributed by atoms with van der Waals surface area (Å²) in [6, 6.07) is 13.0. The van der Waals surface area contributed by atoms with Crippen molar-refractivity contribution in [1.29, 1.82) is 0 Å². The largest absolute Gasteiger partial charge is 0.289 e. The van der Waals surface area contributed by atoms with Crippen molar-refractivity contribution in [2.45, 2.75) is 6.92 Å². The van der Waals surface area contributed by atoms with Crippen LogP contribution in [0.25, 0.3) is 11.0 Å². The molecule has 0 saturated heterocycles. The number of carbonyl (C=O) groups excluding carboxylic acids is 1. The van der Waals surface area contributed by atoms with Gasteiger partial charge in [0.05, 0.1) is 11.0 Å². The Bertz CT molecular complexity index is 765. The smallest absolute Gasteiger partial charge is 0.193 e. The lowest BCUT2D eigenvalue weighted by Gasteiger charge is -2.05. The molecule has 0 N–H and O–H groups in total. The summed E-state index contributed by atoms with van der Waals surface area (Å²) in [6.07, 6.45) is 3.27. The third-order valence-electron chi connectivity index (χ3n) is 3.12. The molecule has 1 heterocycles. The first-order valence-electron chi connectivity index (χ1n) is 6.07. The van der Waals surface area contributed by atoms with Gasteiger partial charge in [-0.2, -0.15) is 0 Å². The summed E-state index contributed by atoms with van der Waals surface area (Å²) in [6.45, 7) is 1.94. The molecule has 3 aromatic rings. The van der Waals surface area contributed by atoms with Gasteiger partial charge in [0.25, 0.3) is 0 Å². The van der Waals surface area contributed by atoms with Crippen molar-refractivity contribution >= 4 is 16.8 Å². The summed E-state index contributed by atoms with van der Waals surface area (Å²) in [5, 5.41) is 0. The predicted octanol–water partition coefficient (Wildman–Crippen LogP) is 3.17. The van der Waals surface area contributed by atoms with E-state index < -0.39 is 0 Å². The van der Waals surface area contributed by atoms with Crippen LogP contribution < -0.4 is 0 Å². The summed E-state index contributed by atoms with van der Waals surface area (Å²) in [7, 11) is 0. The van der Waals surface area contributed by atoms with Crippen LogP contribution in [0, 0.1) is 6.92 Å². The van der Waals surface area contributed by atoms with E-state index >= 15 is 0 Å². The minimum absolute atomic E-state index is 0.0191.